The van der Waals surface area contributed by atoms with Crippen molar-refractivity contribution in [2.24, 2.45) is 0 Å². The summed E-state index contributed by atoms with van der Waals surface area (Å²) in [6, 6.07) is 7.95. The van der Waals surface area contributed by atoms with E-state index >= 15 is 0 Å². The predicted molar refractivity (Wildman–Crippen MR) is 48.9 cm³/mol. The lowest BCUT2D eigenvalue weighted by atomic mass is 10.1. The van der Waals surface area contributed by atoms with E-state index in [1.165, 1.54) is 4.90 Å². The minimum absolute atomic E-state index is 0.356. The molecule has 0 amide bonds. The lowest BCUT2D eigenvalue weighted by molar-refractivity contribution is 0.199. The fraction of sp³-hybridized carbons (Fsp3) is 0.333. The summed E-state index contributed by atoms with van der Waals surface area (Å²) in [5.74, 6) is 0. The summed E-state index contributed by atoms with van der Waals surface area (Å²) in [6.45, 7) is 1.77. The van der Waals surface area contributed by atoms with Crippen molar-refractivity contribution in [3.05, 3.63) is 29.8 Å². The molecule has 0 bridgehead atoms. The first-order chi connectivity index (χ1) is 5.24. The zero-order chi connectivity index (χ0) is 8.27. The molecule has 0 aliphatic rings. The van der Waals surface area contributed by atoms with Crippen LogP contribution in [0.15, 0.2) is 29.2 Å². The largest absolute Gasteiger partial charge is 0.389 e. The molecule has 0 unspecified atom stereocenters. The van der Waals surface area contributed by atoms with E-state index in [0.29, 0.717) is 0 Å². The molecule has 2 heteroatoms. The third-order valence-electron chi connectivity index (χ3n) is 1.60. The SMILES string of the molecule is CSc1ccc([C@H](C)O)cc1. The molecule has 0 heterocycles. The van der Waals surface area contributed by atoms with Gasteiger partial charge in [-0.15, -0.1) is 11.8 Å². The molecule has 0 aliphatic carbocycles. The molecule has 1 rings (SSSR count). The maximum absolute atomic E-state index is 9.18. The Balaban J connectivity index is 2.83. The molecule has 60 valence electrons. The minimum atomic E-state index is -0.356. The van der Waals surface area contributed by atoms with Crippen LogP contribution in [0.5, 0.6) is 0 Å². The van der Waals surface area contributed by atoms with Crippen molar-refractivity contribution in [3.8, 4) is 0 Å². The summed E-state index contributed by atoms with van der Waals surface area (Å²) >= 11 is 1.71. The number of hydrogen-bond donors (Lipinski definition) is 1. The van der Waals surface area contributed by atoms with Gasteiger partial charge >= 0.3 is 0 Å². The first kappa shape index (κ1) is 8.62. The van der Waals surface area contributed by atoms with Gasteiger partial charge in [0.25, 0.3) is 0 Å². The lowest BCUT2D eigenvalue weighted by Crippen LogP contribution is -1.89. The summed E-state index contributed by atoms with van der Waals surface area (Å²) < 4.78 is 0. The average Bonchev–Trinajstić information content (AvgIpc) is 2.05. The molecule has 0 spiro atoms. The van der Waals surface area contributed by atoms with Crippen molar-refractivity contribution in [2.45, 2.75) is 17.9 Å². The monoisotopic (exact) mass is 168 g/mol. The van der Waals surface area contributed by atoms with Crippen LogP contribution in [0.25, 0.3) is 0 Å². The molecule has 11 heavy (non-hydrogen) atoms. The number of thioether (sulfide) groups is 1. The molecule has 0 radical (unpaired) electrons. The van der Waals surface area contributed by atoms with Gasteiger partial charge < -0.3 is 5.11 Å². The van der Waals surface area contributed by atoms with Crippen LogP contribution in [-0.4, -0.2) is 11.4 Å². The van der Waals surface area contributed by atoms with E-state index in [0.717, 1.165) is 5.56 Å². The molecule has 1 aromatic rings. The van der Waals surface area contributed by atoms with Crippen LogP contribution in [0.2, 0.25) is 0 Å². The van der Waals surface area contributed by atoms with Crippen LogP contribution in [0.1, 0.15) is 18.6 Å². The molecule has 0 aromatic heterocycles. The molecule has 1 N–H and O–H groups in total. The molecule has 1 nitrogen and oxygen atoms in total. The second-order valence-electron chi connectivity index (χ2n) is 2.45. The van der Waals surface area contributed by atoms with Crippen molar-refractivity contribution in [2.75, 3.05) is 6.26 Å². The molecule has 1 aromatic carbocycles. The van der Waals surface area contributed by atoms with Crippen molar-refractivity contribution in [1.29, 1.82) is 0 Å². The fourth-order valence-corrected chi connectivity index (χ4v) is 1.29. The zero-order valence-corrected chi connectivity index (χ0v) is 7.56. The Labute approximate surface area is 71.4 Å². The molecule has 0 fully saturated rings. The summed E-state index contributed by atoms with van der Waals surface area (Å²) in [6.07, 6.45) is 1.68. The topological polar surface area (TPSA) is 20.2 Å². The predicted octanol–water partition coefficient (Wildman–Crippen LogP) is 2.46. The third kappa shape index (κ3) is 2.24. The Kier molecular flexibility index (Phi) is 2.97. The summed E-state index contributed by atoms with van der Waals surface area (Å²) in [5, 5.41) is 9.18. The second-order valence-corrected chi connectivity index (χ2v) is 3.33. The highest BCUT2D eigenvalue weighted by molar-refractivity contribution is 7.98. The normalized spacial score (nSPS) is 13.0. The number of aliphatic hydroxyl groups is 1. The first-order valence-electron chi connectivity index (χ1n) is 3.56. The number of hydrogen-bond acceptors (Lipinski definition) is 2. The maximum Gasteiger partial charge on any atom is 0.0761 e. The Morgan fingerprint density at radius 3 is 2.18 bits per heavy atom. The average molecular weight is 168 g/mol. The second kappa shape index (κ2) is 3.79. The van der Waals surface area contributed by atoms with Gasteiger partial charge in [0.2, 0.25) is 0 Å². The van der Waals surface area contributed by atoms with Gasteiger partial charge in [-0.3, -0.25) is 0 Å². The van der Waals surface area contributed by atoms with Crippen LogP contribution in [0.4, 0.5) is 0 Å². The summed E-state index contributed by atoms with van der Waals surface area (Å²) in [5.41, 5.74) is 0.975. The van der Waals surface area contributed by atoms with Gasteiger partial charge in [0, 0.05) is 4.90 Å². The Morgan fingerprint density at radius 2 is 1.82 bits per heavy atom. The third-order valence-corrected chi connectivity index (χ3v) is 2.34. The van der Waals surface area contributed by atoms with E-state index in [1.54, 1.807) is 18.7 Å². The Hall–Kier alpha value is -0.470. The summed E-state index contributed by atoms with van der Waals surface area (Å²) in [7, 11) is 0. The summed E-state index contributed by atoms with van der Waals surface area (Å²) in [4.78, 5) is 1.23. The highest BCUT2D eigenvalue weighted by Gasteiger charge is 1.98. The Bertz CT molecular complexity index is 216. The lowest BCUT2D eigenvalue weighted by Gasteiger charge is -2.03. The van der Waals surface area contributed by atoms with Crippen LogP contribution in [-0.2, 0) is 0 Å². The van der Waals surface area contributed by atoms with Crippen molar-refractivity contribution < 1.29 is 5.11 Å². The number of rotatable bonds is 2. The highest BCUT2D eigenvalue weighted by atomic mass is 32.2. The highest BCUT2D eigenvalue weighted by Crippen LogP contribution is 2.18. The maximum atomic E-state index is 9.18. The first-order valence-corrected chi connectivity index (χ1v) is 4.78. The van der Waals surface area contributed by atoms with Crippen molar-refractivity contribution in [1.82, 2.24) is 0 Å². The van der Waals surface area contributed by atoms with Gasteiger partial charge in [-0.05, 0) is 30.9 Å². The Morgan fingerprint density at radius 1 is 1.27 bits per heavy atom. The van der Waals surface area contributed by atoms with Gasteiger partial charge in [-0.2, -0.15) is 0 Å². The van der Waals surface area contributed by atoms with Gasteiger partial charge in [-0.1, -0.05) is 12.1 Å². The molecule has 0 saturated heterocycles. The van der Waals surface area contributed by atoms with Gasteiger partial charge in [-0.25, -0.2) is 0 Å². The molecular formula is C9H12OS. The molecular weight excluding hydrogens is 156 g/mol. The van der Waals surface area contributed by atoms with Gasteiger partial charge in [0.15, 0.2) is 0 Å². The fourth-order valence-electron chi connectivity index (χ4n) is 0.882. The zero-order valence-electron chi connectivity index (χ0n) is 6.74. The van der Waals surface area contributed by atoms with Crippen molar-refractivity contribution >= 4 is 11.8 Å². The molecule has 0 saturated carbocycles. The van der Waals surface area contributed by atoms with Gasteiger partial charge in [0.05, 0.1) is 6.10 Å². The standard InChI is InChI=1S/C9H12OS/c1-7(10)8-3-5-9(11-2)6-4-8/h3-7,10H,1-2H3/t7-/m0/s1. The van der Waals surface area contributed by atoms with E-state index in [1.807, 2.05) is 30.5 Å². The van der Waals surface area contributed by atoms with Gasteiger partial charge in [0.1, 0.15) is 0 Å². The van der Waals surface area contributed by atoms with Crippen LogP contribution < -0.4 is 0 Å². The smallest absolute Gasteiger partial charge is 0.0761 e. The van der Waals surface area contributed by atoms with E-state index in [9.17, 15) is 5.11 Å². The van der Waals surface area contributed by atoms with E-state index in [4.69, 9.17) is 0 Å². The van der Waals surface area contributed by atoms with E-state index in [-0.39, 0.29) is 6.10 Å². The number of aliphatic hydroxyl groups excluding tert-OH is 1. The van der Waals surface area contributed by atoms with Crippen molar-refractivity contribution in [3.63, 3.8) is 0 Å². The van der Waals surface area contributed by atoms with E-state index < -0.39 is 0 Å². The molecule has 1 atom stereocenters. The minimum Gasteiger partial charge on any atom is -0.389 e. The molecule has 0 aliphatic heterocycles. The van der Waals surface area contributed by atoms with E-state index in [2.05, 4.69) is 0 Å². The quantitative estimate of drug-likeness (QED) is 0.684. The number of benzene rings is 1. The van der Waals surface area contributed by atoms with Crippen LogP contribution in [0.3, 0.4) is 0 Å². The van der Waals surface area contributed by atoms with Crippen LogP contribution >= 0.6 is 11.8 Å². The van der Waals surface area contributed by atoms with Crippen LogP contribution in [0, 0.1) is 0 Å².